The Balaban J connectivity index is 3.05. The molecule has 0 aromatic carbocycles. The first-order valence-electron chi connectivity index (χ1n) is 1.30. The van der Waals surface area contributed by atoms with Crippen LogP contribution in [0.5, 0.6) is 0 Å². The highest BCUT2D eigenvalue weighted by molar-refractivity contribution is 4.99. The second kappa shape index (κ2) is 0.925. The Morgan fingerprint density at radius 3 is 2.67 bits per heavy atom. The third-order valence-electron chi connectivity index (χ3n) is 0.314. The number of aromatic nitrogens is 3. The van der Waals surface area contributed by atoms with Crippen LogP contribution in [0, 0.1) is 0 Å². The van der Waals surface area contributed by atoms with Crippen molar-refractivity contribution in [1.29, 1.82) is 0 Å². The molecule has 0 aliphatic heterocycles. The van der Waals surface area contributed by atoms with Crippen LogP contribution in [-0.4, -0.2) is 15.6 Å². The van der Waals surface area contributed by atoms with E-state index in [1.165, 1.54) is 0 Å². The van der Waals surface area contributed by atoms with Crippen LogP contribution in [0.3, 0.4) is 0 Å². The van der Waals surface area contributed by atoms with Crippen molar-refractivity contribution < 1.29 is 4.52 Å². The molecule has 2 N–H and O–H groups in total. The number of hydrogen-bond donors (Lipinski definition) is 1. The van der Waals surface area contributed by atoms with Gasteiger partial charge in [-0.2, -0.15) is 0 Å². The fourth-order valence-corrected chi connectivity index (χ4v) is 0.141. The smallest absolute Gasteiger partial charge is 0.339 e. The van der Waals surface area contributed by atoms with E-state index in [1.807, 2.05) is 0 Å². The van der Waals surface area contributed by atoms with Gasteiger partial charge in [0.25, 0.3) is 0 Å². The standard InChI is InChI=1S/CH2N4O/c2-1-3-4-5-6-1/h(H2,2,3,5). The maximum absolute atomic E-state index is 4.88. The van der Waals surface area contributed by atoms with Crippen molar-refractivity contribution in [2.45, 2.75) is 0 Å². The molecule has 5 heteroatoms. The van der Waals surface area contributed by atoms with Crippen LogP contribution in [-0.2, 0) is 0 Å². The fraction of sp³-hybridized carbons (Fsp3) is 0. The summed E-state index contributed by atoms with van der Waals surface area (Å²) in [4.78, 5) is 0. The molecule has 0 aliphatic carbocycles. The Bertz CT molecular complexity index is 111. The Labute approximate surface area is 33.1 Å². The Kier molecular flexibility index (Phi) is 0.474. The SMILES string of the molecule is Nc1nnno1. The van der Waals surface area contributed by atoms with Gasteiger partial charge in [0, 0.05) is 0 Å². The molecule has 0 atom stereocenters. The summed E-state index contributed by atoms with van der Waals surface area (Å²) in [7, 11) is 0. The molecule has 0 saturated carbocycles. The monoisotopic (exact) mass is 86.0 g/mol. The van der Waals surface area contributed by atoms with Crippen molar-refractivity contribution in [2.75, 3.05) is 5.73 Å². The molecule has 0 unspecified atom stereocenters. The normalized spacial score (nSPS) is 8.67. The van der Waals surface area contributed by atoms with E-state index in [9.17, 15) is 0 Å². The number of anilines is 1. The number of hydrogen-bond acceptors (Lipinski definition) is 5. The van der Waals surface area contributed by atoms with Crippen molar-refractivity contribution in [3.05, 3.63) is 0 Å². The maximum atomic E-state index is 4.88. The fourth-order valence-electron chi connectivity index (χ4n) is 0.141. The van der Waals surface area contributed by atoms with E-state index in [2.05, 4.69) is 20.1 Å². The van der Waals surface area contributed by atoms with Crippen LogP contribution >= 0.6 is 0 Å². The summed E-state index contributed by atoms with van der Waals surface area (Å²) in [5.41, 5.74) is 4.88. The summed E-state index contributed by atoms with van der Waals surface area (Å²) >= 11 is 0. The summed E-state index contributed by atoms with van der Waals surface area (Å²) < 4.78 is 4.14. The minimum Gasteiger partial charge on any atom is -0.350 e. The van der Waals surface area contributed by atoms with E-state index in [4.69, 9.17) is 5.73 Å². The molecule has 1 aromatic rings. The lowest BCUT2D eigenvalue weighted by Gasteiger charge is -1.61. The molecule has 0 saturated heterocycles. The number of rotatable bonds is 0. The first kappa shape index (κ1) is 3.08. The Hall–Kier alpha value is -1.13. The van der Waals surface area contributed by atoms with Gasteiger partial charge in [-0.25, -0.2) is 0 Å². The molecule has 0 aliphatic rings. The highest BCUT2D eigenvalue weighted by Crippen LogP contribution is 1.81. The number of nitrogens with zero attached hydrogens (tertiary/aromatic N) is 3. The van der Waals surface area contributed by atoms with E-state index in [-0.39, 0.29) is 6.01 Å². The lowest BCUT2D eigenvalue weighted by atomic mass is 11.2. The third kappa shape index (κ3) is 0.291. The first-order valence-corrected chi connectivity index (χ1v) is 1.30. The van der Waals surface area contributed by atoms with Gasteiger partial charge in [0.05, 0.1) is 5.27 Å². The van der Waals surface area contributed by atoms with Crippen LogP contribution in [0.1, 0.15) is 0 Å². The molecule has 0 bridgehead atoms. The quantitative estimate of drug-likeness (QED) is 0.440. The van der Waals surface area contributed by atoms with E-state index < -0.39 is 0 Å². The number of nitrogens with two attached hydrogens (primary N) is 1. The summed E-state index contributed by atoms with van der Waals surface area (Å²) in [5.74, 6) is 0. The predicted molar refractivity (Wildman–Crippen MR) is 16.5 cm³/mol. The van der Waals surface area contributed by atoms with Gasteiger partial charge in [-0.15, -0.1) is 0 Å². The van der Waals surface area contributed by atoms with Crippen molar-refractivity contribution >= 4 is 6.01 Å². The van der Waals surface area contributed by atoms with E-state index in [0.29, 0.717) is 0 Å². The van der Waals surface area contributed by atoms with Gasteiger partial charge >= 0.3 is 6.01 Å². The molecule has 0 fully saturated rings. The predicted octanol–water partition coefficient (Wildman–Crippen LogP) is -0.953. The number of nitrogen functional groups attached to an aromatic ring is 1. The third-order valence-corrected chi connectivity index (χ3v) is 0.314. The average molecular weight is 86.1 g/mol. The summed E-state index contributed by atoms with van der Waals surface area (Å²) in [5, 5.41) is 9.16. The molecule has 32 valence electrons. The summed E-state index contributed by atoms with van der Waals surface area (Å²) in [6, 6.07) is -0.00463. The van der Waals surface area contributed by atoms with Gasteiger partial charge in [-0.05, 0) is 5.21 Å². The molecule has 1 aromatic heterocycles. The molecule has 1 rings (SSSR count). The van der Waals surface area contributed by atoms with Crippen LogP contribution in [0.15, 0.2) is 4.52 Å². The lowest BCUT2D eigenvalue weighted by molar-refractivity contribution is 0.407. The Morgan fingerprint density at radius 2 is 2.50 bits per heavy atom. The Morgan fingerprint density at radius 1 is 1.67 bits per heavy atom. The molecular formula is CH2N4O. The van der Waals surface area contributed by atoms with Crippen molar-refractivity contribution in [3.8, 4) is 0 Å². The van der Waals surface area contributed by atoms with Crippen molar-refractivity contribution in [2.24, 2.45) is 0 Å². The maximum Gasteiger partial charge on any atom is 0.339 e. The molecule has 0 amide bonds. The van der Waals surface area contributed by atoms with Gasteiger partial charge in [-0.3, -0.25) is 4.52 Å². The topological polar surface area (TPSA) is 77.8 Å². The minimum atomic E-state index is -0.00463. The minimum absolute atomic E-state index is 0.00463. The van der Waals surface area contributed by atoms with Gasteiger partial charge < -0.3 is 5.73 Å². The zero-order valence-corrected chi connectivity index (χ0v) is 2.83. The van der Waals surface area contributed by atoms with Crippen LogP contribution < -0.4 is 5.73 Å². The molecule has 1 heterocycles. The van der Waals surface area contributed by atoms with Crippen LogP contribution in [0.4, 0.5) is 6.01 Å². The molecule has 0 spiro atoms. The van der Waals surface area contributed by atoms with Gasteiger partial charge in [0.2, 0.25) is 0 Å². The molecule has 0 radical (unpaired) electrons. The molecule has 6 heavy (non-hydrogen) atoms. The summed E-state index contributed by atoms with van der Waals surface area (Å²) in [6.07, 6.45) is 0. The lowest BCUT2D eigenvalue weighted by Crippen LogP contribution is -1.81. The average Bonchev–Trinajstić information content (AvgIpc) is 1.86. The van der Waals surface area contributed by atoms with Gasteiger partial charge in [0.1, 0.15) is 0 Å². The van der Waals surface area contributed by atoms with E-state index >= 15 is 0 Å². The highest BCUT2D eigenvalue weighted by Gasteiger charge is 1.82. The molecule has 5 nitrogen and oxygen atoms in total. The summed E-state index contributed by atoms with van der Waals surface area (Å²) in [6.45, 7) is 0. The van der Waals surface area contributed by atoms with Crippen LogP contribution in [0.25, 0.3) is 0 Å². The first-order chi connectivity index (χ1) is 2.89. The highest BCUT2D eigenvalue weighted by atomic mass is 16.5. The molecular weight excluding hydrogens is 84.0 g/mol. The zero-order valence-electron chi connectivity index (χ0n) is 2.83. The van der Waals surface area contributed by atoms with Crippen molar-refractivity contribution in [1.82, 2.24) is 15.6 Å². The second-order valence-electron chi connectivity index (χ2n) is 0.701. The van der Waals surface area contributed by atoms with Crippen molar-refractivity contribution in [3.63, 3.8) is 0 Å². The van der Waals surface area contributed by atoms with Gasteiger partial charge in [-0.1, -0.05) is 5.10 Å². The van der Waals surface area contributed by atoms with E-state index in [0.717, 1.165) is 0 Å². The van der Waals surface area contributed by atoms with E-state index in [1.54, 1.807) is 0 Å². The van der Waals surface area contributed by atoms with Crippen LogP contribution in [0.2, 0.25) is 0 Å². The second-order valence-corrected chi connectivity index (χ2v) is 0.701. The zero-order chi connectivity index (χ0) is 4.41. The van der Waals surface area contributed by atoms with Gasteiger partial charge in [0.15, 0.2) is 0 Å². The largest absolute Gasteiger partial charge is 0.350 e.